The lowest BCUT2D eigenvalue weighted by molar-refractivity contribution is -0.133. The summed E-state index contributed by atoms with van der Waals surface area (Å²) >= 11 is 1.11. The monoisotopic (exact) mass is 400 g/mol. The van der Waals surface area contributed by atoms with Crippen LogP contribution in [0.5, 0.6) is 0 Å². The Hall–Kier alpha value is -1.65. The summed E-state index contributed by atoms with van der Waals surface area (Å²) in [7, 11) is -0.219. The molecule has 1 N–H and O–H groups in total. The molecule has 0 spiro atoms. The maximum absolute atomic E-state index is 12.7. The molecule has 0 saturated carbocycles. The molecule has 1 aromatic heterocycles. The third-order valence-electron chi connectivity index (χ3n) is 4.86. The Kier molecular flexibility index (Phi) is 5.54. The van der Waals surface area contributed by atoms with Crippen LogP contribution in [0.15, 0.2) is 21.7 Å². The van der Waals surface area contributed by atoms with Crippen molar-refractivity contribution >= 4 is 33.3 Å². The fourth-order valence-corrected chi connectivity index (χ4v) is 5.58. The van der Waals surface area contributed by atoms with E-state index in [1.54, 1.807) is 40.2 Å². The smallest absolute Gasteiger partial charge is 0.319 e. The van der Waals surface area contributed by atoms with Crippen molar-refractivity contribution in [3.05, 3.63) is 17.5 Å². The Labute approximate surface area is 157 Å². The van der Waals surface area contributed by atoms with Gasteiger partial charge in [-0.05, 0) is 30.2 Å². The van der Waals surface area contributed by atoms with Crippen molar-refractivity contribution in [2.45, 2.75) is 23.1 Å². The first-order valence-electron chi connectivity index (χ1n) is 8.57. The number of amides is 3. The molecule has 2 atom stereocenters. The minimum atomic E-state index is -3.66. The summed E-state index contributed by atoms with van der Waals surface area (Å²) < 4.78 is 27.0. The van der Waals surface area contributed by atoms with Crippen LogP contribution in [0, 0.1) is 5.92 Å². The van der Waals surface area contributed by atoms with Gasteiger partial charge in [0.2, 0.25) is 5.91 Å². The van der Waals surface area contributed by atoms with E-state index in [4.69, 9.17) is 0 Å². The van der Waals surface area contributed by atoms with Crippen LogP contribution in [0.4, 0.5) is 4.79 Å². The summed E-state index contributed by atoms with van der Waals surface area (Å²) in [6.07, 6.45) is 1.82. The summed E-state index contributed by atoms with van der Waals surface area (Å²) in [6.45, 7) is 1.45. The number of thiophene rings is 1. The van der Waals surface area contributed by atoms with Gasteiger partial charge in [0.25, 0.3) is 10.0 Å². The average Bonchev–Trinajstić information content (AvgIpc) is 3.01. The van der Waals surface area contributed by atoms with Crippen LogP contribution >= 0.6 is 11.3 Å². The van der Waals surface area contributed by atoms with Crippen molar-refractivity contribution in [3.63, 3.8) is 0 Å². The number of carbonyl (C=O) groups is 2. The standard InChI is InChI=1S/C16H24N4O4S2/c1-18(2)16(22)19-9-12-5-6-13(11-19)20(10-12)14(21)8-17-26(23,24)15-4-3-7-25-15/h3-4,7,12-13,17H,5-6,8-11H2,1-2H3/t12-,13+/m1/s1. The number of hydrogen-bond donors (Lipinski definition) is 1. The SMILES string of the molecule is CN(C)C(=O)N1C[C@H]2CC[C@@H](C1)N(C(=O)CNS(=O)(=O)c1cccs1)C2. The minimum absolute atomic E-state index is 0.0467. The van der Waals surface area contributed by atoms with Gasteiger partial charge >= 0.3 is 6.03 Å². The molecule has 4 rings (SSSR count). The molecular formula is C16H24N4O4S2. The first-order chi connectivity index (χ1) is 12.3. The normalized spacial score (nSPS) is 23.0. The maximum atomic E-state index is 12.7. The Balaban J connectivity index is 1.64. The summed E-state index contributed by atoms with van der Waals surface area (Å²) in [5.41, 5.74) is 0. The first-order valence-corrected chi connectivity index (χ1v) is 10.9. The van der Waals surface area contributed by atoms with Crippen LogP contribution in [0.1, 0.15) is 12.8 Å². The van der Waals surface area contributed by atoms with Gasteiger partial charge in [0.15, 0.2) is 0 Å². The van der Waals surface area contributed by atoms with Gasteiger partial charge in [-0.25, -0.2) is 17.9 Å². The van der Waals surface area contributed by atoms with E-state index in [2.05, 4.69) is 4.72 Å². The van der Waals surface area contributed by atoms with Crippen LogP contribution < -0.4 is 4.72 Å². The molecular weight excluding hydrogens is 376 g/mol. The van der Waals surface area contributed by atoms with E-state index < -0.39 is 10.0 Å². The van der Waals surface area contributed by atoms with E-state index in [0.717, 1.165) is 24.2 Å². The molecule has 3 aliphatic rings. The number of nitrogens with one attached hydrogen (secondary N) is 1. The lowest BCUT2D eigenvalue weighted by atomic mass is 9.95. The third kappa shape index (κ3) is 4.02. The number of piperidine rings is 1. The van der Waals surface area contributed by atoms with Gasteiger partial charge in [-0.2, -0.15) is 0 Å². The molecule has 8 nitrogen and oxygen atoms in total. The molecule has 3 aliphatic heterocycles. The van der Waals surface area contributed by atoms with Crippen molar-refractivity contribution in [1.82, 2.24) is 19.4 Å². The van der Waals surface area contributed by atoms with Crippen LogP contribution in [0.3, 0.4) is 0 Å². The summed E-state index contributed by atoms with van der Waals surface area (Å²) in [5.74, 6) is -0.00511. The Morgan fingerprint density at radius 1 is 1.27 bits per heavy atom. The maximum Gasteiger partial charge on any atom is 0.319 e. The molecule has 3 amide bonds. The zero-order valence-electron chi connectivity index (χ0n) is 14.9. The number of rotatable bonds is 4. The molecule has 0 radical (unpaired) electrons. The average molecular weight is 401 g/mol. The number of fused-ring (bicyclic) bond motifs is 4. The van der Waals surface area contributed by atoms with Gasteiger partial charge in [0.1, 0.15) is 4.21 Å². The lowest BCUT2D eigenvalue weighted by Gasteiger charge is -2.36. The number of sulfonamides is 1. The summed E-state index contributed by atoms with van der Waals surface area (Å²) in [5, 5.41) is 1.68. The molecule has 0 aliphatic carbocycles. The van der Waals surface area contributed by atoms with Crippen LogP contribution in [-0.4, -0.2) is 81.4 Å². The second-order valence-corrected chi connectivity index (χ2v) is 9.92. The van der Waals surface area contributed by atoms with E-state index >= 15 is 0 Å². The predicted octanol–water partition coefficient (Wildman–Crippen LogP) is 0.631. The van der Waals surface area contributed by atoms with Crippen LogP contribution in [-0.2, 0) is 14.8 Å². The fraction of sp³-hybridized carbons (Fsp3) is 0.625. The van der Waals surface area contributed by atoms with Gasteiger partial charge in [-0.1, -0.05) is 6.07 Å². The molecule has 3 saturated heterocycles. The fourth-order valence-electron chi connectivity index (χ4n) is 3.57. The topological polar surface area (TPSA) is 90.0 Å². The third-order valence-corrected chi connectivity index (χ3v) is 7.66. The number of carbonyl (C=O) groups excluding carboxylic acids is 2. The highest BCUT2D eigenvalue weighted by atomic mass is 32.2. The summed E-state index contributed by atoms with van der Waals surface area (Å²) in [6, 6.07) is 3.06. The summed E-state index contributed by atoms with van der Waals surface area (Å²) in [4.78, 5) is 30.0. The van der Waals surface area contributed by atoms with Gasteiger partial charge in [-0.15, -0.1) is 11.3 Å². The van der Waals surface area contributed by atoms with Gasteiger partial charge in [0.05, 0.1) is 6.54 Å². The van der Waals surface area contributed by atoms with Crippen molar-refractivity contribution < 1.29 is 18.0 Å². The molecule has 2 bridgehead atoms. The Morgan fingerprint density at radius 3 is 2.69 bits per heavy atom. The van der Waals surface area contributed by atoms with E-state index in [1.807, 2.05) is 0 Å². The van der Waals surface area contributed by atoms with Gasteiger partial charge < -0.3 is 14.7 Å². The molecule has 0 unspecified atom stereocenters. The van der Waals surface area contributed by atoms with E-state index in [0.29, 0.717) is 19.6 Å². The molecule has 4 heterocycles. The molecule has 144 valence electrons. The van der Waals surface area contributed by atoms with Gasteiger partial charge in [0, 0.05) is 39.8 Å². The number of urea groups is 1. The van der Waals surface area contributed by atoms with Crippen LogP contribution in [0.2, 0.25) is 0 Å². The Bertz CT molecular complexity index is 763. The van der Waals surface area contributed by atoms with Crippen molar-refractivity contribution in [2.24, 2.45) is 5.92 Å². The molecule has 0 aromatic carbocycles. The molecule has 26 heavy (non-hydrogen) atoms. The van der Waals surface area contributed by atoms with Gasteiger partial charge in [-0.3, -0.25) is 4.79 Å². The zero-order valence-corrected chi connectivity index (χ0v) is 16.6. The zero-order chi connectivity index (χ0) is 18.9. The highest BCUT2D eigenvalue weighted by Crippen LogP contribution is 2.28. The predicted molar refractivity (Wildman–Crippen MR) is 98.4 cm³/mol. The highest BCUT2D eigenvalue weighted by Gasteiger charge is 2.39. The van der Waals surface area contributed by atoms with E-state index in [-0.39, 0.29) is 34.7 Å². The number of hydrogen-bond acceptors (Lipinski definition) is 5. The van der Waals surface area contributed by atoms with Crippen molar-refractivity contribution in [1.29, 1.82) is 0 Å². The first kappa shape index (κ1) is 19.1. The molecule has 10 heteroatoms. The largest absolute Gasteiger partial charge is 0.336 e. The second kappa shape index (κ2) is 7.53. The lowest BCUT2D eigenvalue weighted by Crippen LogP contribution is -2.51. The molecule has 1 aromatic rings. The van der Waals surface area contributed by atoms with E-state index in [1.165, 1.54) is 6.07 Å². The quantitative estimate of drug-likeness (QED) is 0.803. The van der Waals surface area contributed by atoms with Crippen LogP contribution in [0.25, 0.3) is 0 Å². The Morgan fingerprint density at radius 2 is 2.04 bits per heavy atom. The number of nitrogens with zero attached hydrogens (tertiary/aromatic N) is 3. The highest BCUT2D eigenvalue weighted by molar-refractivity contribution is 7.91. The van der Waals surface area contributed by atoms with Crippen molar-refractivity contribution in [2.75, 3.05) is 40.3 Å². The van der Waals surface area contributed by atoms with Crippen molar-refractivity contribution in [3.8, 4) is 0 Å². The van der Waals surface area contributed by atoms with E-state index in [9.17, 15) is 18.0 Å². The second-order valence-electron chi connectivity index (χ2n) is 6.98. The molecule has 3 fully saturated rings. The minimum Gasteiger partial charge on any atom is -0.336 e.